The van der Waals surface area contributed by atoms with Crippen LogP contribution in [0.2, 0.25) is 0 Å². The van der Waals surface area contributed by atoms with Gasteiger partial charge in [-0.25, -0.2) is 4.39 Å². The minimum Gasteiger partial charge on any atom is -0.389 e. The van der Waals surface area contributed by atoms with Gasteiger partial charge in [0.15, 0.2) is 0 Å². The van der Waals surface area contributed by atoms with E-state index in [0.717, 1.165) is 0 Å². The van der Waals surface area contributed by atoms with Gasteiger partial charge in [-0.15, -0.1) is 0 Å². The molecule has 0 spiro atoms. The van der Waals surface area contributed by atoms with Crippen LogP contribution >= 0.6 is 0 Å². The highest BCUT2D eigenvalue weighted by Crippen LogP contribution is 2.32. The highest BCUT2D eigenvalue weighted by atomic mass is 19.1. The summed E-state index contributed by atoms with van der Waals surface area (Å²) < 4.78 is 13.5. The summed E-state index contributed by atoms with van der Waals surface area (Å²) in [6.45, 7) is 5.68. The average molecular weight is 428 g/mol. The Labute approximate surface area is 179 Å². The Hall–Kier alpha value is -3.20. The number of nitrogens with one attached hydrogen (secondary N) is 2. The van der Waals surface area contributed by atoms with E-state index in [1.54, 1.807) is 24.8 Å². The first-order chi connectivity index (χ1) is 14.7. The van der Waals surface area contributed by atoms with E-state index in [-0.39, 0.29) is 49.6 Å². The number of halogens is 1. The summed E-state index contributed by atoms with van der Waals surface area (Å²) in [5, 5.41) is 13.0. The number of β-amino-alcohol motifs (C(OH)–C–C–N with tert-alkyl or cyclic N) is 1. The number of likely N-dealkylation sites (tertiary alicyclic amines) is 1. The number of hydrogen-bond donors (Lipinski definition) is 3. The number of anilines is 1. The van der Waals surface area contributed by atoms with Crippen LogP contribution in [0.3, 0.4) is 0 Å². The van der Waals surface area contributed by atoms with Gasteiger partial charge in [0.2, 0.25) is 11.8 Å². The summed E-state index contributed by atoms with van der Waals surface area (Å²) in [6, 6.07) is 3.75. The Balaban J connectivity index is 1.53. The quantitative estimate of drug-likeness (QED) is 0.680. The molecule has 1 saturated heterocycles. The maximum absolute atomic E-state index is 13.5. The zero-order valence-corrected chi connectivity index (χ0v) is 17.7. The number of hydrogen-bond acceptors (Lipinski definition) is 4. The first kappa shape index (κ1) is 21.0. The minimum atomic E-state index is -0.828. The third kappa shape index (κ3) is 3.81. The lowest BCUT2D eigenvalue weighted by atomic mass is 10.1. The summed E-state index contributed by atoms with van der Waals surface area (Å²) in [4.78, 5) is 43.3. The molecule has 2 aromatic rings. The standard InChI is InChI=1S/C22H25FN4O4/c1-11-16(9-27-18-5-4-15(23)6-14(18)7-20(27)30)24-12(2)21(11)22(31)25-17-8-26(13(3)28)10-19(17)29/h4-6,17,19,24,29H,7-10H2,1-3H3,(H,25,31). The first-order valence-electron chi connectivity index (χ1n) is 10.2. The number of aliphatic hydroxyl groups is 1. The second kappa shape index (κ2) is 7.81. The molecule has 3 N–H and O–H groups in total. The number of fused-ring (bicyclic) bond motifs is 1. The van der Waals surface area contributed by atoms with Crippen LogP contribution in [-0.2, 0) is 22.6 Å². The van der Waals surface area contributed by atoms with Crippen LogP contribution < -0.4 is 10.2 Å². The molecule has 0 bridgehead atoms. The van der Waals surface area contributed by atoms with Crippen LogP contribution in [0.1, 0.15) is 39.8 Å². The zero-order chi connectivity index (χ0) is 22.4. The molecule has 2 aliphatic rings. The second-order valence-electron chi connectivity index (χ2n) is 8.23. The predicted octanol–water partition coefficient (Wildman–Crippen LogP) is 1.18. The molecule has 0 radical (unpaired) electrons. The SMILES string of the molecule is CC(=O)N1CC(O)C(NC(=O)c2c(C)[nH]c(CN3C(=O)Cc4cc(F)ccc43)c2C)C1. The summed E-state index contributed by atoms with van der Waals surface area (Å²) in [6.07, 6.45) is -0.684. The van der Waals surface area contributed by atoms with E-state index in [0.29, 0.717) is 33.8 Å². The lowest BCUT2D eigenvalue weighted by Gasteiger charge is -2.18. The van der Waals surface area contributed by atoms with Crippen LogP contribution in [0.5, 0.6) is 0 Å². The molecule has 164 valence electrons. The number of aryl methyl sites for hydroxylation is 1. The third-order valence-corrected chi connectivity index (χ3v) is 6.11. The van der Waals surface area contributed by atoms with Gasteiger partial charge in [-0.2, -0.15) is 0 Å². The van der Waals surface area contributed by atoms with Crippen LogP contribution in [0.4, 0.5) is 10.1 Å². The lowest BCUT2D eigenvalue weighted by Crippen LogP contribution is -2.43. The van der Waals surface area contributed by atoms with Crippen molar-refractivity contribution in [3.63, 3.8) is 0 Å². The molecule has 4 rings (SSSR count). The van der Waals surface area contributed by atoms with Crippen LogP contribution in [-0.4, -0.2) is 57.9 Å². The molecule has 0 aliphatic carbocycles. The van der Waals surface area contributed by atoms with Crippen molar-refractivity contribution in [2.75, 3.05) is 18.0 Å². The predicted molar refractivity (Wildman–Crippen MR) is 111 cm³/mol. The first-order valence-corrected chi connectivity index (χ1v) is 10.2. The number of aromatic amines is 1. The normalized spacial score (nSPS) is 20.4. The highest BCUT2D eigenvalue weighted by Gasteiger charge is 2.35. The van der Waals surface area contributed by atoms with E-state index < -0.39 is 12.1 Å². The van der Waals surface area contributed by atoms with Crippen molar-refractivity contribution in [2.45, 2.75) is 45.9 Å². The van der Waals surface area contributed by atoms with Crippen LogP contribution in [0.25, 0.3) is 0 Å². The van der Waals surface area contributed by atoms with Gasteiger partial charge in [0.05, 0.1) is 30.7 Å². The Bertz CT molecular complexity index is 1080. The van der Waals surface area contributed by atoms with Crippen molar-refractivity contribution in [3.8, 4) is 0 Å². The summed E-state index contributed by atoms with van der Waals surface area (Å²) in [7, 11) is 0. The molecule has 1 aromatic carbocycles. The number of benzene rings is 1. The molecular formula is C22H25FN4O4. The number of amides is 3. The lowest BCUT2D eigenvalue weighted by molar-refractivity contribution is -0.128. The highest BCUT2D eigenvalue weighted by molar-refractivity contribution is 6.01. The van der Waals surface area contributed by atoms with E-state index in [1.807, 2.05) is 0 Å². The largest absolute Gasteiger partial charge is 0.389 e. The van der Waals surface area contributed by atoms with Gasteiger partial charge in [0.1, 0.15) is 5.82 Å². The molecule has 2 unspecified atom stereocenters. The van der Waals surface area contributed by atoms with Gasteiger partial charge < -0.3 is 25.2 Å². The molecule has 1 fully saturated rings. The minimum absolute atomic E-state index is 0.128. The van der Waals surface area contributed by atoms with E-state index in [1.165, 1.54) is 24.0 Å². The summed E-state index contributed by atoms with van der Waals surface area (Å²) in [5.74, 6) is -1.00. The fourth-order valence-corrected chi connectivity index (χ4v) is 4.42. The number of aliphatic hydroxyl groups excluding tert-OH is 1. The number of carbonyl (C=O) groups is 3. The topological polar surface area (TPSA) is 106 Å². The van der Waals surface area contributed by atoms with Crippen molar-refractivity contribution in [1.29, 1.82) is 0 Å². The molecule has 0 saturated carbocycles. The Kier molecular flexibility index (Phi) is 5.30. The Morgan fingerprint density at radius 1 is 1.29 bits per heavy atom. The summed E-state index contributed by atoms with van der Waals surface area (Å²) >= 11 is 0. The fraction of sp³-hybridized carbons (Fsp3) is 0.409. The number of H-pyrrole nitrogens is 1. The molecule has 2 aliphatic heterocycles. The van der Waals surface area contributed by atoms with Crippen LogP contribution in [0.15, 0.2) is 18.2 Å². The molecule has 3 heterocycles. The van der Waals surface area contributed by atoms with E-state index in [2.05, 4.69) is 10.3 Å². The Morgan fingerprint density at radius 2 is 2.03 bits per heavy atom. The number of rotatable bonds is 4. The van der Waals surface area contributed by atoms with Crippen molar-refractivity contribution in [1.82, 2.24) is 15.2 Å². The second-order valence-corrected chi connectivity index (χ2v) is 8.23. The number of nitrogens with zero attached hydrogens (tertiary/aromatic N) is 2. The molecule has 8 nitrogen and oxygen atoms in total. The molecule has 1 aromatic heterocycles. The smallest absolute Gasteiger partial charge is 0.253 e. The maximum Gasteiger partial charge on any atom is 0.253 e. The molecule has 31 heavy (non-hydrogen) atoms. The van der Waals surface area contributed by atoms with Gasteiger partial charge in [0, 0.05) is 37.1 Å². The third-order valence-electron chi connectivity index (χ3n) is 6.11. The van der Waals surface area contributed by atoms with Gasteiger partial charge in [-0.05, 0) is 43.2 Å². The van der Waals surface area contributed by atoms with Gasteiger partial charge in [-0.1, -0.05) is 0 Å². The number of carbonyl (C=O) groups excluding carboxylic acids is 3. The van der Waals surface area contributed by atoms with E-state index in [4.69, 9.17) is 0 Å². The molecule has 2 atom stereocenters. The Morgan fingerprint density at radius 3 is 2.71 bits per heavy atom. The fourth-order valence-electron chi connectivity index (χ4n) is 4.42. The van der Waals surface area contributed by atoms with Gasteiger partial charge >= 0.3 is 0 Å². The maximum atomic E-state index is 13.5. The monoisotopic (exact) mass is 428 g/mol. The average Bonchev–Trinajstić information content (AvgIpc) is 3.29. The van der Waals surface area contributed by atoms with Gasteiger partial charge in [0.25, 0.3) is 5.91 Å². The van der Waals surface area contributed by atoms with Crippen LogP contribution in [0, 0.1) is 19.7 Å². The van der Waals surface area contributed by atoms with Crippen molar-refractivity contribution >= 4 is 23.4 Å². The van der Waals surface area contributed by atoms with E-state index in [9.17, 15) is 23.9 Å². The van der Waals surface area contributed by atoms with Crippen molar-refractivity contribution < 1.29 is 23.9 Å². The number of aromatic nitrogens is 1. The van der Waals surface area contributed by atoms with Gasteiger partial charge in [-0.3, -0.25) is 14.4 Å². The van der Waals surface area contributed by atoms with Crippen molar-refractivity contribution in [2.24, 2.45) is 0 Å². The summed E-state index contributed by atoms with van der Waals surface area (Å²) in [5.41, 5.74) is 3.83. The molecule has 9 heteroatoms. The van der Waals surface area contributed by atoms with E-state index >= 15 is 0 Å². The molecular weight excluding hydrogens is 403 g/mol. The van der Waals surface area contributed by atoms with Crippen molar-refractivity contribution in [3.05, 3.63) is 52.1 Å². The molecule has 3 amide bonds. The zero-order valence-electron chi connectivity index (χ0n) is 17.7.